The Morgan fingerprint density at radius 2 is 2.04 bits per heavy atom. The maximum atomic E-state index is 12.8. The molecular formula is C18H28N4O4. The van der Waals surface area contributed by atoms with Crippen molar-refractivity contribution < 1.29 is 19.1 Å². The van der Waals surface area contributed by atoms with Crippen LogP contribution in [0.2, 0.25) is 0 Å². The predicted molar refractivity (Wildman–Crippen MR) is 94.8 cm³/mol. The Morgan fingerprint density at radius 3 is 2.65 bits per heavy atom. The number of hydrogen-bond donors (Lipinski definition) is 0. The minimum atomic E-state index is -0.0262. The summed E-state index contributed by atoms with van der Waals surface area (Å²) in [7, 11) is 3.32. The largest absolute Gasteiger partial charge is 0.381 e. The quantitative estimate of drug-likeness (QED) is 0.765. The van der Waals surface area contributed by atoms with Gasteiger partial charge in [-0.05, 0) is 32.3 Å². The number of aromatic nitrogens is 2. The fourth-order valence-electron chi connectivity index (χ4n) is 3.99. The van der Waals surface area contributed by atoms with Crippen molar-refractivity contribution in [2.75, 3.05) is 40.0 Å². The number of hydrogen-bond acceptors (Lipinski definition) is 5. The number of likely N-dealkylation sites (tertiary alicyclic amines) is 1. The molecule has 1 unspecified atom stereocenters. The van der Waals surface area contributed by atoms with Crippen LogP contribution in [0.15, 0.2) is 6.07 Å². The molecule has 0 spiro atoms. The number of methoxy groups -OCH3 is 1. The average Bonchev–Trinajstić information content (AvgIpc) is 3.22. The first kappa shape index (κ1) is 18.8. The topological polar surface area (TPSA) is 76.9 Å². The molecule has 8 nitrogen and oxygen atoms in total. The van der Waals surface area contributed by atoms with Gasteiger partial charge in [0.2, 0.25) is 5.91 Å². The van der Waals surface area contributed by atoms with Crippen molar-refractivity contribution in [3.63, 3.8) is 0 Å². The van der Waals surface area contributed by atoms with Gasteiger partial charge in [0, 0.05) is 46.5 Å². The van der Waals surface area contributed by atoms with Gasteiger partial charge in [-0.15, -0.1) is 0 Å². The second-order valence-electron chi connectivity index (χ2n) is 7.07. The van der Waals surface area contributed by atoms with Crippen molar-refractivity contribution in [3.05, 3.63) is 17.5 Å². The minimum absolute atomic E-state index is 0.00456. The van der Waals surface area contributed by atoms with E-state index >= 15 is 0 Å². The van der Waals surface area contributed by atoms with Crippen LogP contribution in [0.4, 0.5) is 0 Å². The summed E-state index contributed by atoms with van der Waals surface area (Å²) in [6.45, 7) is 4.49. The van der Waals surface area contributed by atoms with Gasteiger partial charge in [-0.3, -0.25) is 14.3 Å². The van der Waals surface area contributed by atoms with Gasteiger partial charge in [0.15, 0.2) is 0 Å². The van der Waals surface area contributed by atoms with Gasteiger partial charge in [0.05, 0.1) is 11.7 Å². The van der Waals surface area contributed by atoms with E-state index in [0.29, 0.717) is 32.0 Å². The highest BCUT2D eigenvalue weighted by molar-refractivity contribution is 5.93. The molecule has 144 valence electrons. The number of amides is 2. The van der Waals surface area contributed by atoms with Crippen molar-refractivity contribution in [2.45, 2.75) is 38.3 Å². The molecule has 0 N–H and O–H groups in total. The lowest BCUT2D eigenvalue weighted by Gasteiger charge is -2.38. The Kier molecular flexibility index (Phi) is 5.93. The summed E-state index contributed by atoms with van der Waals surface area (Å²) in [6.07, 6.45) is 2.46. The lowest BCUT2D eigenvalue weighted by molar-refractivity contribution is -0.142. The molecule has 0 aliphatic carbocycles. The summed E-state index contributed by atoms with van der Waals surface area (Å²) in [5.41, 5.74) is 1.41. The molecule has 8 heteroatoms. The molecule has 2 aliphatic rings. The summed E-state index contributed by atoms with van der Waals surface area (Å²) in [4.78, 5) is 29.3. The standard InChI is InChI=1S/C18H28N4O4/c1-13-10-16(20(2)19-13)18(24)21-7-4-15(11-21)22(17(23)12-25-3)14-5-8-26-9-6-14/h10,14-15H,4-9,11-12H2,1-3H3. The van der Waals surface area contributed by atoms with Crippen molar-refractivity contribution in [1.29, 1.82) is 0 Å². The van der Waals surface area contributed by atoms with E-state index in [-0.39, 0.29) is 30.5 Å². The van der Waals surface area contributed by atoms with Crippen LogP contribution >= 0.6 is 0 Å². The Labute approximate surface area is 154 Å². The van der Waals surface area contributed by atoms with E-state index in [0.717, 1.165) is 25.0 Å². The zero-order chi connectivity index (χ0) is 18.7. The third-order valence-electron chi connectivity index (χ3n) is 5.21. The number of carbonyl (C=O) groups excluding carboxylic acids is 2. The fraction of sp³-hybridized carbons (Fsp3) is 0.722. The Hall–Kier alpha value is -1.93. The van der Waals surface area contributed by atoms with E-state index in [2.05, 4.69) is 5.10 Å². The lowest BCUT2D eigenvalue weighted by atomic mass is 10.0. The summed E-state index contributed by atoms with van der Waals surface area (Å²) < 4.78 is 12.1. The van der Waals surface area contributed by atoms with E-state index in [4.69, 9.17) is 9.47 Å². The summed E-state index contributed by atoms with van der Waals surface area (Å²) in [5, 5.41) is 4.26. The molecule has 2 amide bonds. The SMILES string of the molecule is COCC(=O)N(C1CCOCC1)C1CCN(C(=O)c2cc(C)nn2C)C1. The van der Waals surface area contributed by atoms with Gasteiger partial charge in [0.25, 0.3) is 5.91 Å². The second-order valence-corrected chi connectivity index (χ2v) is 7.07. The van der Waals surface area contributed by atoms with Crippen LogP contribution in [-0.4, -0.2) is 83.5 Å². The maximum Gasteiger partial charge on any atom is 0.272 e. The van der Waals surface area contributed by atoms with E-state index in [1.807, 2.05) is 22.8 Å². The van der Waals surface area contributed by atoms with E-state index < -0.39 is 0 Å². The number of aryl methyl sites for hydroxylation is 2. The molecule has 2 aliphatic heterocycles. The first-order chi connectivity index (χ1) is 12.5. The molecule has 26 heavy (non-hydrogen) atoms. The number of carbonyl (C=O) groups is 2. The van der Waals surface area contributed by atoms with Crippen LogP contribution < -0.4 is 0 Å². The second kappa shape index (κ2) is 8.18. The highest BCUT2D eigenvalue weighted by atomic mass is 16.5. The van der Waals surface area contributed by atoms with Gasteiger partial charge < -0.3 is 19.3 Å². The third kappa shape index (κ3) is 3.91. The molecule has 2 fully saturated rings. The number of rotatable bonds is 5. The molecule has 3 heterocycles. The Balaban J connectivity index is 1.72. The maximum absolute atomic E-state index is 12.8. The number of ether oxygens (including phenoxy) is 2. The van der Waals surface area contributed by atoms with Crippen LogP contribution in [0.3, 0.4) is 0 Å². The molecule has 1 aromatic rings. The summed E-state index contributed by atoms with van der Waals surface area (Å²) >= 11 is 0. The normalized spacial score (nSPS) is 21.2. The van der Waals surface area contributed by atoms with Crippen LogP contribution in [0.25, 0.3) is 0 Å². The molecule has 0 aromatic carbocycles. The van der Waals surface area contributed by atoms with Crippen LogP contribution in [-0.2, 0) is 21.3 Å². The van der Waals surface area contributed by atoms with Gasteiger partial charge in [0.1, 0.15) is 12.3 Å². The monoisotopic (exact) mass is 364 g/mol. The van der Waals surface area contributed by atoms with Crippen molar-refractivity contribution in [1.82, 2.24) is 19.6 Å². The Bertz CT molecular complexity index is 654. The molecule has 1 atom stereocenters. The highest BCUT2D eigenvalue weighted by Crippen LogP contribution is 2.24. The van der Waals surface area contributed by atoms with Crippen molar-refractivity contribution >= 4 is 11.8 Å². The fourth-order valence-corrected chi connectivity index (χ4v) is 3.99. The molecule has 2 saturated heterocycles. The lowest BCUT2D eigenvalue weighted by Crippen LogP contribution is -2.51. The van der Waals surface area contributed by atoms with E-state index in [1.54, 1.807) is 11.7 Å². The highest BCUT2D eigenvalue weighted by Gasteiger charge is 2.37. The van der Waals surface area contributed by atoms with E-state index in [9.17, 15) is 9.59 Å². The molecule has 0 bridgehead atoms. The van der Waals surface area contributed by atoms with Crippen LogP contribution in [0, 0.1) is 6.92 Å². The first-order valence-corrected chi connectivity index (χ1v) is 9.19. The zero-order valence-corrected chi connectivity index (χ0v) is 15.8. The smallest absolute Gasteiger partial charge is 0.272 e. The van der Waals surface area contributed by atoms with Gasteiger partial charge >= 0.3 is 0 Å². The first-order valence-electron chi connectivity index (χ1n) is 9.19. The predicted octanol–water partition coefficient (Wildman–Crippen LogP) is 0.597. The average molecular weight is 364 g/mol. The van der Waals surface area contributed by atoms with Gasteiger partial charge in [-0.2, -0.15) is 5.10 Å². The van der Waals surface area contributed by atoms with Gasteiger partial charge in [-0.25, -0.2) is 0 Å². The summed E-state index contributed by atoms with van der Waals surface area (Å²) in [6, 6.07) is 1.99. The number of nitrogens with zero attached hydrogens (tertiary/aromatic N) is 4. The third-order valence-corrected chi connectivity index (χ3v) is 5.21. The zero-order valence-electron chi connectivity index (χ0n) is 15.8. The van der Waals surface area contributed by atoms with E-state index in [1.165, 1.54) is 7.11 Å². The summed E-state index contributed by atoms with van der Waals surface area (Å²) in [5.74, 6) is -0.0307. The van der Waals surface area contributed by atoms with Crippen molar-refractivity contribution in [3.8, 4) is 0 Å². The van der Waals surface area contributed by atoms with Gasteiger partial charge in [-0.1, -0.05) is 0 Å². The molecular weight excluding hydrogens is 336 g/mol. The molecule has 0 radical (unpaired) electrons. The molecule has 3 rings (SSSR count). The Morgan fingerprint density at radius 1 is 1.31 bits per heavy atom. The molecule has 1 aromatic heterocycles. The van der Waals surface area contributed by atoms with Crippen molar-refractivity contribution in [2.24, 2.45) is 7.05 Å². The van der Waals surface area contributed by atoms with Crippen LogP contribution in [0.5, 0.6) is 0 Å². The van der Waals surface area contributed by atoms with Crippen LogP contribution in [0.1, 0.15) is 35.4 Å². The molecule has 0 saturated carbocycles. The minimum Gasteiger partial charge on any atom is -0.381 e.